The topological polar surface area (TPSA) is 0 Å². The van der Waals surface area contributed by atoms with Crippen molar-refractivity contribution >= 4 is 0 Å². The lowest BCUT2D eigenvalue weighted by atomic mass is 10.2. The molecule has 0 fully saturated rings. The first-order valence-corrected chi connectivity index (χ1v) is 2.47. The summed E-state index contributed by atoms with van der Waals surface area (Å²) in [6.07, 6.45) is 0. The van der Waals surface area contributed by atoms with Gasteiger partial charge in [-0.25, -0.2) is 8.78 Å². The van der Waals surface area contributed by atoms with Crippen LogP contribution in [0, 0.1) is 18.6 Å². The van der Waals surface area contributed by atoms with E-state index in [2.05, 4.69) is 6.92 Å². The molecule has 2 heteroatoms. The molecule has 0 saturated heterocycles. The van der Waals surface area contributed by atoms with E-state index in [-0.39, 0.29) is 5.56 Å². The third-order valence-electron chi connectivity index (χ3n) is 1.02. The number of halogens is 2. The minimum atomic E-state index is -0.602. The lowest BCUT2D eigenvalue weighted by Crippen LogP contribution is -1.81. The number of hydrogen-bond donors (Lipinski definition) is 0. The zero-order chi connectivity index (χ0) is 6.85. The average Bonchev–Trinajstić information content (AvgIpc) is 1.80. The lowest BCUT2D eigenvalue weighted by molar-refractivity contribution is 0.580. The summed E-state index contributed by atoms with van der Waals surface area (Å²) in [6, 6.07) is 3.28. The van der Waals surface area contributed by atoms with E-state index in [1.807, 2.05) is 0 Å². The molecule has 0 heterocycles. The van der Waals surface area contributed by atoms with Crippen LogP contribution in [0.1, 0.15) is 5.56 Å². The summed E-state index contributed by atoms with van der Waals surface area (Å²) in [5.74, 6) is -1.17. The van der Waals surface area contributed by atoms with Crippen LogP contribution in [0.2, 0.25) is 0 Å². The highest BCUT2D eigenvalue weighted by molar-refractivity contribution is 5.20. The van der Waals surface area contributed by atoms with Gasteiger partial charge in [-0.15, -0.1) is 0 Å². The van der Waals surface area contributed by atoms with E-state index >= 15 is 0 Å². The Labute approximate surface area is 52.1 Å². The summed E-state index contributed by atoms with van der Waals surface area (Å²) >= 11 is 0. The first-order valence-electron chi connectivity index (χ1n) is 2.47. The normalized spacial score (nSPS) is 9.67. The van der Waals surface area contributed by atoms with Gasteiger partial charge in [-0.2, -0.15) is 0 Å². The molecule has 0 amide bonds. The molecule has 0 N–H and O–H groups in total. The third-order valence-corrected chi connectivity index (χ3v) is 1.02. The highest BCUT2D eigenvalue weighted by Gasteiger charge is 1.95. The monoisotopic (exact) mass is 127 g/mol. The van der Waals surface area contributed by atoms with Gasteiger partial charge in [-0.1, -0.05) is 6.07 Å². The molecule has 0 spiro atoms. The van der Waals surface area contributed by atoms with Gasteiger partial charge in [-0.3, -0.25) is 0 Å². The molecule has 0 atom stereocenters. The number of benzene rings is 1. The first kappa shape index (κ1) is 6.20. The minimum Gasteiger partial charge on any atom is -0.207 e. The van der Waals surface area contributed by atoms with Crippen molar-refractivity contribution < 1.29 is 8.78 Å². The first-order chi connectivity index (χ1) is 4.20. The standard InChI is InChI=1S/C7H5F2/c1-5-2-3-6(8)4-7(5)9/h2-4H,1H2. The third kappa shape index (κ3) is 1.25. The van der Waals surface area contributed by atoms with Crippen molar-refractivity contribution in [3.05, 3.63) is 42.3 Å². The molecule has 0 aromatic heterocycles. The van der Waals surface area contributed by atoms with Crippen LogP contribution in [-0.4, -0.2) is 0 Å². The zero-order valence-electron chi connectivity index (χ0n) is 4.70. The van der Waals surface area contributed by atoms with Gasteiger partial charge in [0.15, 0.2) is 0 Å². The van der Waals surface area contributed by atoms with Crippen molar-refractivity contribution in [2.24, 2.45) is 0 Å². The van der Waals surface area contributed by atoms with Gasteiger partial charge in [0.1, 0.15) is 11.6 Å². The molecule has 1 radical (unpaired) electrons. The van der Waals surface area contributed by atoms with Gasteiger partial charge >= 0.3 is 0 Å². The van der Waals surface area contributed by atoms with Crippen molar-refractivity contribution in [3.63, 3.8) is 0 Å². The number of rotatable bonds is 0. The molecule has 47 valence electrons. The maximum Gasteiger partial charge on any atom is 0.129 e. The van der Waals surface area contributed by atoms with Crippen molar-refractivity contribution in [2.45, 2.75) is 0 Å². The second-order valence-electron chi connectivity index (χ2n) is 1.74. The molecular formula is C7H5F2. The maximum absolute atomic E-state index is 12.3. The second-order valence-corrected chi connectivity index (χ2v) is 1.74. The predicted molar refractivity (Wildman–Crippen MR) is 30.8 cm³/mol. The van der Waals surface area contributed by atoms with Crippen LogP contribution in [0.3, 0.4) is 0 Å². The van der Waals surface area contributed by atoms with Gasteiger partial charge in [0.05, 0.1) is 0 Å². The predicted octanol–water partition coefficient (Wildman–Crippen LogP) is 2.15. The number of hydrogen-bond acceptors (Lipinski definition) is 0. The summed E-state index contributed by atoms with van der Waals surface area (Å²) in [4.78, 5) is 0. The quantitative estimate of drug-likeness (QED) is 0.501. The highest BCUT2D eigenvalue weighted by Crippen LogP contribution is 2.06. The Kier molecular flexibility index (Phi) is 1.47. The lowest BCUT2D eigenvalue weighted by Gasteiger charge is -1.92. The van der Waals surface area contributed by atoms with E-state index < -0.39 is 11.6 Å². The Morgan fingerprint density at radius 3 is 2.33 bits per heavy atom. The molecule has 1 aromatic rings. The van der Waals surface area contributed by atoms with E-state index in [1.165, 1.54) is 12.1 Å². The molecule has 1 rings (SSSR count). The maximum atomic E-state index is 12.3. The summed E-state index contributed by atoms with van der Waals surface area (Å²) in [5.41, 5.74) is 0.219. The molecule has 0 bridgehead atoms. The smallest absolute Gasteiger partial charge is 0.129 e. The Morgan fingerprint density at radius 2 is 1.89 bits per heavy atom. The van der Waals surface area contributed by atoms with Crippen LogP contribution in [0.25, 0.3) is 0 Å². The molecule has 1 aromatic carbocycles. The Bertz CT molecular complexity index is 218. The minimum absolute atomic E-state index is 0.219. The fraction of sp³-hybridized carbons (Fsp3) is 0. The van der Waals surface area contributed by atoms with Gasteiger partial charge in [-0.05, 0) is 18.6 Å². The zero-order valence-corrected chi connectivity index (χ0v) is 4.70. The van der Waals surface area contributed by atoms with Crippen LogP contribution >= 0.6 is 0 Å². The summed E-state index contributed by atoms with van der Waals surface area (Å²) in [5, 5.41) is 0. The van der Waals surface area contributed by atoms with Gasteiger partial charge in [0.2, 0.25) is 0 Å². The highest BCUT2D eigenvalue weighted by atomic mass is 19.1. The molecule has 9 heavy (non-hydrogen) atoms. The van der Waals surface area contributed by atoms with Crippen LogP contribution in [-0.2, 0) is 0 Å². The summed E-state index contributed by atoms with van der Waals surface area (Å²) < 4.78 is 24.4. The summed E-state index contributed by atoms with van der Waals surface area (Å²) in [6.45, 7) is 3.32. The van der Waals surface area contributed by atoms with Crippen LogP contribution in [0.5, 0.6) is 0 Å². The van der Waals surface area contributed by atoms with Crippen LogP contribution < -0.4 is 0 Å². The van der Waals surface area contributed by atoms with Crippen LogP contribution in [0.15, 0.2) is 18.2 Å². The molecule has 0 saturated carbocycles. The van der Waals surface area contributed by atoms with E-state index in [0.717, 1.165) is 6.07 Å². The Balaban J connectivity index is 3.17. The molecule has 0 aliphatic heterocycles. The Hall–Kier alpha value is -0.920. The van der Waals surface area contributed by atoms with Crippen molar-refractivity contribution in [1.82, 2.24) is 0 Å². The van der Waals surface area contributed by atoms with Crippen LogP contribution in [0.4, 0.5) is 8.78 Å². The van der Waals surface area contributed by atoms with Gasteiger partial charge in [0, 0.05) is 6.07 Å². The fourth-order valence-electron chi connectivity index (χ4n) is 0.522. The Morgan fingerprint density at radius 1 is 1.22 bits per heavy atom. The van der Waals surface area contributed by atoms with E-state index in [9.17, 15) is 8.78 Å². The van der Waals surface area contributed by atoms with Gasteiger partial charge in [0.25, 0.3) is 0 Å². The van der Waals surface area contributed by atoms with E-state index in [1.54, 1.807) is 0 Å². The SMILES string of the molecule is [CH2]c1ccc(F)cc1F. The van der Waals surface area contributed by atoms with E-state index in [0.29, 0.717) is 0 Å². The molecular weight excluding hydrogens is 122 g/mol. The molecule has 0 nitrogen and oxygen atoms in total. The molecule has 0 aliphatic carbocycles. The molecule has 0 unspecified atom stereocenters. The van der Waals surface area contributed by atoms with Crippen molar-refractivity contribution in [1.29, 1.82) is 0 Å². The average molecular weight is 127 g/mol. The summed E-state index contributed by atoms with van der Waals surface area (Å²) in [7, 11) is 0. The largest absolute Gasteiger partial charge is 0.207 e. The molecule has 0 aliphatic rings. The van der Waals surface area contributed by atoms with Crippen molar-refractivity contribution in [2.75, 3.05) is 0 Å². The van der Waals surface area contributed by atoms with Crippen molar-refractivity contribution in [3.8, 4) is 0 Å². The van der Waals surface area contributed by atoms with Gasteiger partial charge < -0.3 is 0 Å². The second kappa shape index (κ2) is 2.13. The van der Waals surface area contributed by atoms with E-state index in [4.69, 9.17) is 0 Å². The fourth-order valence-corrected chi connectivity index (χ4v) is 0.522.